The van der Waals surface area contributed by atoms with Gasteiger partial charge < -0.3 is 10.2 Å². The van der Waals surface area contributed by atoms with Crippen molar-refractivity contribution in [2.75, 3.05) is 0 Å². The predicted octanol–water partition coefficient (Wildman–Crippen LogP) is 1.51. The lowest BCUT2D eigenvalue weighted by atomic mass is 10.0. The van der Waals surface area contributed by atoms with Crippen molar-refractivity contribution < 1.29 is 24.9 Å². The molecule has 0 saturated heterocycles. The quantitative estimate of drug-likeness (QED) is 0.261. The minimum Gasteiger partial charge on any atom is -0.497 e. The van der Waals surface area contributed by atoms with E-state index in [4.69, 9.17) is 10.6 Å². The van der Waals surface area contributed by atoms with Crippen LogP contribution in [0.15, 0.2) is 17.2 Å². The highest BCUT2D eigenvalue weighted by Gasteiger charge is 2.28. The molecule has 0 saturated carbocycles. The van der Waals surface area contributed by atoms with E-state index in [9.17, 15) is 30.1 Å². The van der Waals surface area contributed by atoms with Gasteiger partial charge in [0.1, 0.15) is 6.04 Å². The number of rotatable bonds is 6. The first kappa shape index (κ1) is 15.7. The Hall–Kier alpha value is -3.40. The van der Waals surface area contributed by atoms with Crippen LogP contribution < -0.4 is 0 Å². The van der Waals surface area contributed by atoms with Crippen molar-refractivity contribution in [2.24, 2.45) is 5.11 Å². The molecule has 110 valence electrons. The molecule has 0 unspecified atom stereocenters. The third-order valence-electron chi connectivity index (χ3n) is 2.43. The number of hydrogen-bond acceptors (Lipinski definition) is 7. The van der Waals surface area contributed by atoms with Gasteiger partial charge in [0.15, 0.2) is 0 Å². The zero-order valence-corrected chi connectivity index (χ0v) is 10.1. The van der Waals surface area contributed by atoms with Crippen molar-refractivity contribution in [1.82, 2.24) is 0 Å². The van der Waals surface area contributed by atoms with Crippen LogP contribution in [0.3, 0.4) is 0 Å². The van der Waals surface area contributed by atoms with E-state index in [1.165, 1.54) is 0 Å². The van der Waals surface area contributed by atoms with Crippen LogP contribution >= 0.6 is 0 Å². The summed E-state index contributed by atoms with van der Waals surface area (Å²) in [4.78, 5) is 32.5. The molecule has 12 nitrogen and oxygen atoms in total. The Bertz CT molecular complexity index is 629. The molecule has 1 atom stereocenters. The fraction of sp³-hybridized carbons (Fsp3) is 0.222. The van der Waals surface area contributed by atoms with Crippen LogP contribution in [0.4, 0.5) is 11.4 Å². The van der Waals surface area contributed by atoms with Gasteiger partial charge in [0.2, 0.25) is 0 Å². The van der Waals surface area contributed by atoms with E-state index >= 15 is 0 Å². The highest BCUT2D eigenvalue weighted by atomic mass is 16.6. The summed E-state index contributed by atoms with van der Waals surface area (Å²) in [6.45, 7) is 0. The van der Waals surface area contributed by atoms with Crippen LogP contribution in [0.5, 0.6) is 5.75 Å². The van der Waals surface area contributed by atoms with Crippen molar-refractivity contribution in [1.29, 1.82) is 0 Å². The lowest BCUT2D eigenvalue weighted by Gasteiger charge is -2.07. The summed E-state index contributed by atoms with van der Waals surface area (Å²) in [5.41, 5.74) is 6.22. The Kier molecular flexibility index (Phi) is 4.60. The average Bonchev–Trinajstić information content (AvgIpc) is 2.38. The lowest BCUT2D eigenvalue weighted by molar-refractivity contribution is -0.396. The number of carboxylic acids is 1. The average molecular weight is 297 g/mol. The molecule has 1 rings (SSSR count). The summed E-state index contributed by atoms with van der Waals surface area (Å²) in [7, 11) is 0. The molecule has 0 spiro atoms. The highest BCUT2D eigenvalue weighted by Crippen LogP contribution is 2.37. The second-order valence-corrected chi connectivity index (χ2v) is 3.76. The monoisotopic (exact) mass is 297 g/mol. The second-order valence-electron chi connectivity index (χ2n) is 3.76. The molecule has 21 heavy (non-hydrogen) atoms. The fourth-order valence-corrected chi connectivity index (χ4v) is 1.52. The molecule has 0 amide bonds. The van der Waals surface area contributed by atoms with Crippen LogP contribution in [0.1, 0.15) is 5.56 Å². The van der Waals surface area contributed by atoms with Crippen LogP contribution in [0, 0.1) is 20.2 Å². The normalized spacial score (nSPS) is 11.2. The molecular formula is C9H7N5O7. The Balaban J connectivity index is 3.36. The summed E-state index contributed by atoms with van der Waals surface area (Å²) in [6, 6.07) is -0.0187. The minimum absolute atomic E-state index is 0.133. The highest BCUT2D eigenvalue weighted by molar-refractivity contribution is 5.74. The standard InChI is InChI=1S/C9H7N5O7/c10-12-11-5(9(16)17)1-4-2-6(13(18)19)8(15)7(3-4)14(20)21/h2-3,5,15H,1H2,(H,16,17)/t5-/m0/s1. The van der Waals surface area contributed by atoms with Crippen LogP contribution in [0.2, 0.25) is 0 Å². The minimum atomic E-state index is -1.58. The molecule has 0 aliphatic heterocycles. The zero-order chi connectivity index (χ0) is 16.2. The van der Waals surface area contributed by atoms with E-state index in [-0.39, 0.29) is 5.56 Å². The van der Waals surface area contributed by atoms with Crippen molar-refractivity contribution in [3.05, 3.63) is 48.4 Å². The van der Waals surface area contributed by atoms with Crippen LogP contribution in [-0.4, -0.2) is 32.1 Å². The van der Waals surface area contributed by atoms with Crippen molar-refractivity contribution in [3.8, 4) is 5.75 Å². The molecule has 0 heterocycles. The Morgan fingerprint density at radius 3 is 2.14 bits per heavy atom. The van der Waals surface area contributed by atoms with Gasteiger partial charge in [-0.25, -0.2) is 0 Å². The molecule has 0 aliphatic rings. The first-order valence-electron chi connectivity index (χ1n) is 5.19. The number of phenols is 1. The Morgan fingerprint density at radius 1 is 1.33 bits per heavy atom. The predicted molar refractivity (Wildman–Crippen MR) is 65.7 cm³/mol. The van der Waals surface area contributed by atoms with E-state index in [0.717, 1.165) is 12.1 Å². The maximum Gasteiger partial charge on any atom is 0.318 e. The largest absolute Gasteiger partial charge is 0.497 e. The van der Waals surface area contributed by atoms with Gasteiger partial charge in [-0.2, -0.15) is 0 Å². The number of nitro benzene ring substituents is 2. The van der Waals surface area contributed by atoms with E-state index < -0.39 is 45.4 Å². The van der Waals surface area contributed by atoms with E-state index in [2.05, 4.69) is 10.0 Å². The molecule has 12 heteroatoms. The van der Waals surface area contributed by atoms with Gasteiger partial charge in [0.25, 0.3) is 5.75 Å². The van der Waals surface area contributed by atoms with Crippen molar-refractivity contribution in [3.63, 3.8) is 0 Å². The summed E-state index contributed by atoms with van der Waals surface area (Å²) in [5, 5.41) is 42.6. The van der Waals surface area contributed by atoms with Gasteiger partial charge in [-0.05, 0) is 17.5 Å². The number of benzene rings is 1. The first-order chi connectivity index (χ1) is 9.77. The number of nitrogens with zero attached hydrogens (tertiary/aromatic N) is 5. The fourth-order valence-electron chi connectivity index (χ4n) is 1.52. The summed E-state index contributed by atoms with van der Waals surface area (Å²) in [6.07, 6.45) is -0.499. The number of phenolic OH excluding ortho intramolecular Hbond substituents is 1. The third-order valence-corrected chi connectivity index (χ3v) is 2.43. The van der Waals surface area contributed by atoms with E-state index in [0.29, 0.717) is 0 Å². The van der Waals surface area contributed by atoms with E-state index in [1.807, 2.05) is 0 Å². The maximum absolute atomic E-state index is 10.8. The van der Waals surface area contributed by atoms with Gasteiger partial charge in [-0.1, -0.05) is 5.11 Å². The van der Waals surface area contributed by atoms with Crippen molar-refractivity contribution in [2.45, 2.75) is 12.5 Å². The van der Waals surface area contributed by atoms with Gasteiger partial charge in [-0.15, -0.1) is 0 Å². The van der Waals surface area contributed by atoms with Gasteiger partial charge in [0.05, 0.1) is 9.85 Å². The van der Waals surface area contributed by atoms with Crippen molar-refractivity contribution >= 4 is 17.3 Å². The van der Waals surface area contributed by atoms with Gasteiger partial charge in [-0.3, -0.25) is 25.0 Å². The van der Waals surface area contributed by atoms with Gasteiger partial charge >= 0.3 is 17.3 Å². The van der Waals surface area contributed by atoms with Crippen LogP contribution in [-0.2, 0) is 11.2 Å². The maximum atomic E-state index is 10.8. The number of carboxylic acid groups (broad SMARTS) is 1. The molecule has 1 aromatic carbocycles. The van der Waals surface area contributed by atoms with Crippen LogP contribution in [0.25, 0.3) is 10.4 Å². The topological polar surface area (TPSA) is 193 Å². The molecule has 2 N–H and O–H groups in total. The summed E-state index contributed by atoms with van der Waals surface area (Å²) >= 11 is 0. The molecular weight excluding hydrogens is 290 g/mol. The number of aromatic hydroxyl groups is 1. The van der Waals surface area contributed by atoms with Gasteiger partial charge in [0, 0.05) is 17.0 Å². The molecule has 0 fully saturated rings. The number of azide groups is 1. The summed E-state index contributed by atoms with van der Waals surface area (Å²) in [5.74, 6) is -2.63. The molecule has 0 aromatic heterocycles. The summed E-state index contributed by atoms with van der Waals surface area (Å²) < 4.78 is 0. The molecule has 0 aliphatic carbocycles. The SMILES string of the molecule is [N-]=[N+]=N[C@@H](Cc1cc([N+](=O)[O-])c(O)c([N+](=O)[O-])c1)C(=O)O. The Morgan fingerprint density at radius 2 is 1.81 bits per heavy atom. The third kappa shape index (κ3) is 3.54. The lowest BCUT2D eigenvalue weighted by Crippen LogP contribution is -2.20. The molecule has 0 radical (unpaired) electrons. The first-order valence-corrected chi connectivity index (χ1v) is 5.19. The number of hydrogen-bond donors (Lipinski definition) is 2. The zero-order valence-electron chi connectivity index (χ0n) is 10.1. The number of nitro groups is 2. The van der Waals surface area contributed by atoms with E-state index in [1.54, 1.807) is 0 Å². The Labute approximate surface area is 115 Å². The molecule has 1 aromatic rings. The number of carbonyl (C=O) groups is 1. The molecule has 0 bridgehead atoms. The second kappa shape index (κ2) is 6.16. The number of aliphatic carboxylic acids is 1. The smallest absolute Gasteiger partial charge is 0.318 e.